The Bertz CT molecular complexity index is 302. The van der Waals surface area contributed by atoms with Crippen molar-refractivity contribution in [3.05, 3.63) is 0 Å². The molecule has 0 aromatic carbocycles. The minimum absolute atomic E-state index is 0.0899. The molecule has 3 nitrogen and oxygen atoms in total. The van der Waals surface area contributed by atoms with Gasteiger partial charge in [0.2, 0.25) is 5.91 Å². The summed E-state index contributed by atoms with van der Waals surface area (Å²) in [4.78, 5) is 11.7. The smallest absolute Gasteiger partial charge is 0.240 e. The molecule has 0 aromatic rings. The zero-order valence-electron chi connectivity index (χ0n) is 14.1. The van der Waals surface area contributed by atoms with E-state index >= 15 is 0 Å². The number of nitrogens with one attached hydrogen (secondary N) is 1. The van der Waals surface area contributed by atoms with Crippen LogP contribution in [0.2, 0.25) is 0 Å². The summed E-state index contributed by atoms with van der Waals surface area (Å²) in [5.74, 6) is 0.907. The molecule has 21 heavy (non-hydrogen) atoms. The van der Waals surface area contributed by atoms with Crippen LogP contribution in [0.1, 0.15) is 97.3 Å². The second kappa shape index (κ2) is 11.8. The van der Waals surface area contributed by atoms with Gasteiger partial charge in [-0.1, -0.05) is 58.8 Å². The molecule has 0 spiro atoms. The fourth-order valence-corrected chi connectivity index (χ4v) is 2.82. The first-order chi connectivity index (χ1) is 10.2. The molecule has 0 atom stereocenters. The molecule has 0 aromatic heterocycles. The van der Waals surface area contributed by atoms with E-state index in [1.807, 2.05) is 0 Å². The SMILES string of the molecule is CCCCCCCCCCC(=O)NN=C1CCC(C)CC1. The van der Waals surface area contributed by atoms with E-state index in [2.05, 4.69) is 24.4 Å². The summed E-state index contributed by atoms with van der Waals surface area (Å²) in [5, 5.41) is 4.28. The van der Waals surface area contributed by atoms with Crippen molar-refractivity contribution < 1.29 is 4.79 Å². The molecular weight excluding hydrogens is 260 g/mol. The van der Waals surface area contributed by atoms with E-state index in [9.17, 15) is 4.79 Å². The van der Waals surface area contributed by atoms with E-state index in [1.54, 1.807) is 0 Å². The number of hydrogen-bond donors (Lipinski definition) is 1. The molecule has 1 amide bonds. The third-order valence-electron chi connectivity index (χ3n) is 4.45. The Balaban J connectivity index is 1.95. The first kappa shape index (κ1) is 18.2. The van der Waals surface area contributed by atoms with E-state index in [1.165, 1.54) is 63.5 Å². The van der Waals surface area contributed by atoms with Crippen molar-refractivity contribution in [1.82, 2.24) is 5.43 Å². The molecule has 3 heteroatoms. The molecule has 0 bridgehead atoms. The molecule has 0 aliphatic heterocycles. The zero-order chi connectivity index (χ0) is 15.3. The molecule has 0 unspecified atom stereocenters. The number of hydrogen-bond acceptors (Lipinski definition) is 2. The predicted octanol–water partition coefficient (Wildman–Crippen LogP) is 5.20. The Kier molecular flexibility index (Phi) is 10.2. The van der Waals surface area contributed by atoms with E-state index in [4.69, 9.17) is 0 Å². The Hall–Kier alpha value is -0.860. The number of unbranched alkanes of at least 4 members (excludes halogenated alkanes) is 7. The van der Waals surface area contributed by atoms with E-state index in [0.717, 1.165) is 25.2 Å². The summed E-state index contributed by atoms with van der Waals surface area (Å²) >= 11 is 0. The molecule has 1 rings (SSSR count). The van der Waals surface area contributed by atoms with Crippen molar-refractivity contribution >= 4 is 11.6 Å². The Labute approximate surface area is 131 Å². The lowest BCUT2D eigenvalue weighted by Gasteiger charge is -2.18. The van der Waals surface area contributed by atoms with Gasteiger partial charge in [0, 0.05) is 12.1 Å². The molecule has 0 heterocycles. The minimum atomic E-state index is 0.0899. The molecular formula is C18H34N2O. The van der Waals surface area contributed by atoms with E-state index in [-0.39, 0.29) is 5.91 Å². The second-order valence-corrected chi connectivity index (χ2v) is 6.62. The zero-order valence-corrected chi connectivity index (χ0v) is 14.1. The van der Waals surface area contributed by atoms with Gasteiger partial charge in [0.25, 0.3) is 0 Å². The third kappa shape index (κ3) is 9.65. The lowest BCUT2D eigenvalue weighted by Crippen LogP contribution is -2.21. The van der Waals surface area contributed by atoms with Crippen LogP contribution in [0.25, 0.3) is 0 Å². The molecule has 1 N–H and O–H groups in total. The van der Waals surface area contributed by atoms with Crippen molar-refractivity contribution in [3.8, 4) is 0 Å². The maximum atomic E-state index is 11.7. The summed E-state index contributed by atoms with van der Waals surface area (Å²) in [7, 11) is 0. The van der Waals surface area contributed by atoms with Crippen LogP contribution < -0.4 is 5.43 Å². The number of carbonyl (C=O) groups is 1. The fourth-order valence-electron chi connectivity index (χ4n) is 2.82. The van der Waals surface area contributed by atoms with Gasteiger partial charge in [-0.15, -0.1) is 0 Å². The maximum Gasteiger partial charge on any atom is 0.240 e. The van der Waals surface area contributed by atoms with Crippen molar-refractivity contribution in [2.45, 2.75) is 97.3 Å². The molecule has 1 aliphatic rings. The molecule has 122 valence electrons. The van der Waals surface area contributed by atoms with Crippen molar-refractivity contribution in [3.63, 3.8) is 0 Å². The van der Waals surface area contributed by atoms with Crippen LogP contribution in [0, 0.1) is 5.92 Å². The van der Waals surface area contributed by atoms with Gasteiger partial charge in [-0.3, -0.25) is 4.79 Å². The number of amides is 1. The average molecular weight is 294 g/mol. The monoisotopic (exact) mass is 294 g/mol. The standard InChI is InChI=1S/C18H34N2O/c1-3-4-5-6-7-8-9-10-11-18(21)20-19-17-14-12-16(2)13-15-17/h16H,3-15H2,1-2H3,(H,20,21). The average Bonchev–Trinajstić information content (AvgIpc) is 2.49. The van der Waals surface area contributed by atoms with Crippen LogP contribution in [-0.2, 0) is 4.79 Å². The highest BCUT2D eigenvalue weighted by atomic mass is 16.2. The van der Waals surface area contributed by atoms with Gasteiger partial charge in [0.15, 0.2) is 0 Å². The molecule has 0 radical (unpaired) electrons. The highest BCUT2D eigenvalue weighted by molar-refractivity contribution is 5.86. The lowest BCUT2D eigenvalue weighted by molar-refractivity contribution is -0.121. The van der Waals surface area contributed by atoms with Gasteiger partial charge < -0.3 is 0 Å². The Morgan fingerprint density at radius 3 is 2.24 bits per heavy atom. The van der Waals surface area contributed by atoms with Gasteiger partial charge >= 0.3 is 0 Å². The van der Waals surface area contributed by atoms with Gasteiger partial charge in [0.1, 0.15) is 0 Å². The lowest BCUT2D eigenvalue weighted by atomic mass is 9.90. The van der Waals surface area contributed by atoms with Crippen LogP contribution in [0.3, 0.4) is 0 Å². The van der Waals surface area contributed by atoms with Crippen LogP contribution >= 0.6 is 0 Å². The first-order valence-electron chi connectivity index (χ1n) is 9.06. The third-order valence-corrected chi connectivity index (χ3v) is 4.45. The molecule has 1 aliphatic carbocycles. The summed E-state index contributed by atoms with van der Waals surface area (Å²) in [6.45, 7) is 4.54. The molecule has 1 fully saturated rings. The highest BCUT2D eigenvalue weighted by Gasteiger charge is 2.13. The minimum Gasteiger partial charge on any atom is -0.273 e. The highest BCUT2D eigenvalue weighted by Crippen LogP contribution is 2.21. The van der Waals surface area contributed by atoms with E-state index < -0.39 is 0 Å². The second-order valence-electron chi connectivity index (χ2n) is 6.62. The first-order valence-corrected chi connectivity index (χ1v) is 9.06. The molecule has 0 saturated heterocycles. The fraction of sp³-hybridized carbons (Fsp3) is 0.889. The summed E-state index contributed by atoms with van der Waals surface area (Å²) in [6.07, 6.45) is 15.3. The van der Waals surface area contributed by atoms with Crippen LogP contribution in [0.5, 0.6) is 0 Å². The van der Waals surface area contributed by atoms with Crippen LogP contribution in [0.4, 0.5) is 0 Å². The van der Waals surface area contributed by atoms with Gasteiger partial charge in [-0.2, -0.15) is 5.10 Å². The predicted molar refractivity (Wildman–Crippen MR) is 90.4 cm³/mol. The van der Waals surface area contributed by atoms with Crippen LogP contribution in [-0.4, -0.2) is 11.6 Å². The number of nitrogens with zero attached hydrogens (tertiary/aromatic N) is 1. The maximum absolute atomic E-state index is 11.7. The molecule has 1 saturated carbocycles. The van der Waals surface area contributed by atoms with Gasteiger partial charge in [0.05, 0.1) is 0 Å². The summed E-state index contributed by atoms with van der Waals surface area (Å²) in [5.41, 5.74) is 3.91. The number of hydrazone groups is 1. The Morgan fingerprint density at radius 1 is 1.05 bits per heavy atom. The number of carbonyl (C=O) groups excluding carboxylic acids is 1. The van der Waals surface area contributed by atoms with Gasteiger partial charge in [-0.25, -0.2) is 5.43 Å². The van der Waals surface area contributed by atoms with Crippen molar-refractivity contribution in [2.24, 2.45) is 11.0 Å². The normalized spacial score (nSPS) is 18.6. The van der Waals surface area contributed by atoms with E-state index in [0.29, 0.717) is 6.42 Å². The quantitative estimate of drug-likeness (QED) is 0.436. The van der Waals surface area contributed by atoms with Crippen molar-refractivity contribution in [1.29, 1.82) is 0 Å². The van der Waals surface area contributed by atoms with Gasteiger partial charge in [-0.05, 0) is 38.0 Å². The largest absolute Gasteiger partial charge is 0.273 e. The summed E-state index contributed by atoms with van der Waals surface area (Å²) < 4.78 is 0. The summed E-state index contributed by atoms with van der Waals surface area (Å²) in [6, 6.07) is 0. The Morgan fingerprint density at radius 2 is 1.62 bits per heavy atom. The van der Waals surface area contributed by atoms with Crippen molar-refractivity contribution in [2.75, 3.05) is 0 Å². The van der Waals surface area contributed by atoms with Crippen LogP contribution in [0.15, 0.2) is 5.10 Å². The number of rotatable bonds is 10. The topological polar surface area (TPSA) is 41.5 Å².